The summed E-state index contributed by atoms with van der Waals surface area (Å²) in [7, 11) is 1.62. The third-order valence-corrected chi connectivity index (χ3v) is 6.56. The van der Waals surface area contributed by atoms with E-state index in [0.717, 1.165) is 48.3 Å². The van der Waals surface area contributed by atoms with E-state index in [1.54, 1.807) is 18.8 Å². The summed E-state index contributed by atoms with van der Waals surface area (Å²) in [5.41, 5.74) is 3.42. The predicted octanol–water partition coefficient (Wildman–Crippen LogP) is 3.13. The fraction of sp³-hybridized carbons (Fsp3) is 0.600. The highest BCUT2D eigenvalue weighted by Gasteiger charge is 2.29. The van der Waals surface area contributed by atoms with Crippen LogP contribution in [0.25, 0.3) is 10.9 Å². The standard InChI is InChI=1S/C25H38N4O4/c1-3-4-5-6-7-12-29-14-13-28(17-19(29)15-25(31)27-32)18-24(30)21-10-11-26-23-9-8-20(33-2)16-22(21)23/h8-11,16,19,24,30,32H,3-7,12-15,17-18H2,1-2H3,(H,27,31)/t19-,24?/m0/s1. The summed E-state index contributed by atoms with van der Waals surface area (Å²) < 4.78 is 5.35. The van der Waals surface area contributed by atoms with Crippen molar-refractivity contribution in [1.82, 2.24) is 20.3 Å². The number of β-amino-alcohol motifs (C(OH)–C–C–N with tert-alkyl or cyclic N) is 1. The molecule has 1 aromatic heterocycles. The summed E-state index contributed by atoms with van der Waals surface area (Å²) >= 11 is 0. The first kappa shape index (κ1) is 25.4. The maximum atomic E-state index is 11.9. The molecule has 182 valence electrons. The van der Waals surface area contributed by atoms with Gasteiger partial charge in [0.05, 0.1) is 18.7 Å². The maximum Gasteiger partial charge on any atom is 0.244 e. The molecule has 1 unspecified atom stereocenters. The van der Waals surface area contributed by atoms with Crippen LogP contribution in [0.3, 0.4) is 0 Å². The van der Waals surface area contributed by atoms with E-state index in [-0.39, 0.29) is 18.4 Å². The van der Waals surface area contributed by atoms with Crippen LogP contribution in [0, 0.1) is 0 Å². The highest BCUT2D eigenvalue weighted by Crippen LogP contribution is 2.28. The molecule has 0 spiro atoms. The lowest BCUT2D eigenvalue weighted by molar-refractivity contribution is -0.131. The number of nitrogens with zero attached hydrogens (tertiary/aromatic N) is 3. The Morgan fingerprint density at radius 3 is 2.82 bits per heavy atom. The topological polar surface area (TPSA) is 98.2 Å². The molecule has 2 atom stereocenters. The lowest BCUT2D eigenvalue weighted by Gasteiger charge is -2.42. The first-order valence-corrected chi connectivity index (χ1v) is 12.1. The minimum Gasteiger partial charge on any atom is -0.497 e. The number of unbranched alkanes of at least 4 members (excludes halogenated alkanes) is 4. The van der Waals surface area contributed by atoms with Gasteiger partial charge in [0.2, 0.25) is 5.91 Å². The molecule has 8 nitrogen and oxygen atoms in total. The Hall–Kier alpha value is -2.26. The smallest absolute Gasteiger partial charge is 0.244 e. The highest BCUT2D eigenvalue weighted by atomic mass is 16.5. The normalized spacial score (nSPS) is 18.4. The molecule has 0 bridgehead atoms. The third kappa shape index (κ3) is 7.11. The van der Waals surface area contributed by atoms with Gasteiger partial charge in [-0.25, -0.2) is 5.48 Å². The molecule has 1 saturated heterocycles. The van der Waals surface area contributed by atoms with Gasteiger partial charge in [-0.3, -0.25) is 24.8 Å². The summed E-state index contributed by atoms with van der Waals surface area (Å²) in [6.07, 6.45) is 7.32. The Morgan fingerprint density at radius 1 is 1.24 bits per heavy atom. The number of amides is 1. The molecule has 1 fully saturated rings. The third-order valence-electron chi connectivity index (χ3n) is 6.56. The highest BCUT2D eigenvalue weighted by molar-refractivity contribution is 5.83. The molecule has 0 aliphatic carbocycles. The number of carbonyl (C=O) groups excluding carboxylic acids is 1. The molecule has 0 saturated carbocycles. The fourth-order valence-electron chi connectivity index (χ4n) is 4.70. The largest absolute Gasteiger partial charge is 0.497 e. The van der Waals surface area contributed by atoms with Crippen LogP contribution in [0.1, 0.15) is 57.1 Å². The van der Waals surface area contributed by atoms with Gasteiger partial charge in [0.15, 0.2) is 0 Å². The Balaban J connectivity index is 1.65. The van der Waals surface area contributed by atoms with Crippen LogP contribution < -0.4 is 10.2 Å². The number of aromatic nitrogens is 1. The number of fused-ring (bicyclic) bond motifs is 1. The molecule has 1 aromatic carbocycles. The van der Waals surface area contributed by atoms with Gasteiger partial charge in [0, 0.05) is 50.2 Å². The molecule has 8 heteroatoms. The van der Waals surface area contributed by atoms with Crippen molar-refractivity contribution in [3.05, 3.63) is 36.0 Å². The second-order valence-electron chi connectivity index (χ2n) is 8.90. The van der Waals surface area contributed by atoms with Crippen molar-refractivity contribution in [3.8, 4) is 5.75 Å². The van der Waals surface area contributed by atoms with Crippen molar-refractivity contribution < 1.29 is 19.8 Å². The summed E-state index contributed by atoms with van der Waals surface area (Å²) in [4.78, 5) is 20.9. The summed E-state index contributed by atoms with van der Waals surface area (Å²) in [5, 5.41) is 21.0. The average Bonchev–Trinajstić information content (AvgIpc) is 2.84. The number of rotatable bonds is 12. The first-order valence-electron chi connectivity index (χ1n) is 12.1. The van der Waals surface area contributed by atoms with Crippen molar-refractivity contribution in [1.29, 1.82) is 0 Å². The van der Waals surface area contributed by atoms with Crippen LogP contribution in [0.4, 0.5) is 0 Å². The number of hydroxylamine groups is 1. The quantitative estimate of drug-likeness (QED) is 0.255. The summed E-state index contributed by atoms with van der Waals surface area (Å²) in [6, 6.07) is 7.54. The average molecular weight is 459 g/mol. The molecule has 3 rings (SSSR count). The van der Waals surface area contributed by atoms with Gasteiger partial charge in [-0.2, -0.15) is 0 Å². The maximum absolute atomic E-state index is 11.9. The lowest BCUT2D eigenvalue weighted by atomic mass is 10.0. The van der Waals surface area contributed by atoms with Crippen molar-refractivity contribution in [2.24, 2.45) is 0 Å². The molecule has 0 radical (unpaired) electrons. The number of methoxy groups -OCH3 is 1. The van der Waals surface area contributed by atoms with Crippen LogP contribution in [-0.4, -0.2) is 76.9 Å². The number of aliphatic hydroxyl groups excluding tert-OH is 1. The van der Waals surface area contributed by atoms with Gasteiger partial charge in [-0.1, -0.05) is 32.6 Å². The molecule has 2 heterocycles. The number of piperazine rings is 1. The van der Waals surface area contributed by atoms with E-state index in [0.29, 0.717) is 13.1 Å². The Kier molecular flexibility index (Phi) is 9.87. The number of pyridine rings is 1. The number of hydrogen-bond acceptors (Lipinski definition) is 7. The number of carbonyl (C=O) groups is 1. The monoisotopic (exact) mass is 458 g/mol. The molecule has 1 amide bonds. The van der Waals surface area contributed by atoms with Gasteiger partial charge in [0.25, 0.3) is 0 Å². The minimum absolute atomic E-state index is 0.0125. The van der Waals surface area contributed by atoms with Crippen molar-refractivity contribution >= 4 is 16.8 Å². The van der Waals surface area contributed by atoms with Gasteiger partial charge < -0.3 is 9.84 Å². The molecule has 1 aliphatic rings. The molecular weight excluding hydrogens is 420 g/mol. The Morgan fingerprint density at radius 2 is 2.06 bits per heavy atom. The van der Waals surface area contributed by atoms with Gasteiger partial charge in [-0.15, -0.1) is 0 Å². The zero-order valence-corrected chi connectivity index (χ0v) is 19.9. The first-order chi connectivity index (χ1) is 16.0. The Labute approximate surface area is 196 Å². The minimum atomic E-state index is -0.685. The SMILES string of the molecule is CCCCCCCN1CCN(CC(O)c2ccnc3ccc(OC)cc23)C[C@@H]1CC(=O)NO. The number of nitrogens with one attached hydrogen (secondary N) is 1. The van der Waals surface area contributed by atoms with Crippen molar-refractivity contribution in [3.63, 3.8) is 0 Å². The molecular formula is C25H38N4O4. The van der Waals surface area contributed by atoms with Gasteiger partial charge in [-0.05, 0) is 42.8 Å². The van der Waals surface area contributed by atoms with Crippen LogP contribution in [0.5, 0.6) is 5.75 Å². The number of hydrogen-bond donors (Lipinski definition) is 3. The second kappa shape index (κ2) is 12.8. The van der Waals surface area contributed by atoms with Gasteiger partial charge in [0.1, 0.15) is 5.75 Å². The number of ether oxygens (including phenoxy) is 1. The van der Waals surface area contributed by atoms with E-state index in [1.807, 2.05) is 24.3 Å². The Bertz CT molecular complexity index is 894. The molecule has 3 N–H and O–H groups in total. The van der Waals surface area contributed by atoms with Crippen molar-refractivity contribution in [2.45, 2.75) is 57.6 Å². The lowest BCUT2D eigenvalue weighted by Crippen LogP contribution is -2.55. The fourth-order valence-corrected chi connectivity index (χ4v) is 4.70. The zero-order valence-electron chi connectivity index (χ0n) is 19.9. The zero-order chi connectivity index (χ0) is 23.6. The summed E-state index contributed by atoms with van der Waals surface area (Å²) in [5.74, 6) is 0.359. The van der Waals surface area contributed by atoms with E-state index in [2.05, 4.69) is 21.7 Å². The van der Waals surface area contributed by atoms with E-state index < -0.39 is 6.10 Å². The van der Waals surface area contributed by atoms with E-state index in [4.69, 9.17) is 9.94 Å². The number of aliphatic hydroxyl groups is 1. The van der Waals surface area contributed by atoms with Crippen LogP contribution in [-0.2, 0) is 4.79 Å². The molecule has 33 heavy (non-hydrogen) atoms. The van der Waals surface area contributed by atoms with E-state index in [1.165, 1.54) is 25.7 Å². The van der Waals surface area contributed by atoms with Crippen molar-refractivity contribution in [2.75, 3.05) is 39.8 Å². The van der Waals surface area contributed by atoms with E-state index in [9.17, 15) is 9.90 Å². The summed E-state index contributed by atoms with van der Waals surface area (Å²) in [6.45, 7) is 5.98. The van der Waals surface area contributed by atoms with Crippen LogP contribution >= 0.6 is 0 Å². The molecule has 1 aliphatic heterocycles. The van der Waals surface area contributed by atoms with Crippen LogP contribution in [0.15, 0.2) is 30.5 Å². The number of benzene rings is 1. The molecule has 2 aromatic rings. The van der Waals surface area contributed by atoms with E-state index >= 15 is 0 Å². The second-order valence-corrected chi connectivity index (χ2v) is 8.90. The van der Waals surface area contributed by atoms with Crippen LogP contribution in [0.2, 0.25) is 0 Å². The predicted molar refractivity (Wildman–Crippen MR) is 128 cm³/mol. The van der Waals surface area contributed by atoms with Gasteiger partial charge >= 0.3 is 0 Å².